The zero-order valence-electron chi connectivity index (χ0n) is 39.3. The predicted octanol–water partition coefficient (Wildman–Crippen LogP) is 1.58. The van der Waals surface area contributed by atoms with Crippen molar-refractivity contribution in [3.05, 3.63) is 163 Å². The summed E-state index contributed by atoms with van der Waals surface area (Å²) in [5.41, 5.74) is 28.8. The number of hydrogen-bond acceptors (Lipinski definition) is 2. The van der Waals surface area contributed by atoms with Gasteiger partial charge in [0.2, 0.25) is 0 Å². The van der Waals surface area contributed by atoms with Crippen molar-refractivity contribution in [1.82, 2.24) is 0 Å². The summed E-state index contributed by atoms with van der Waals surface area (Å²) in [5, 5.41) is 4.60. The third-order valence-electron chi connectivity index (χ3n) is 15.3. The average molecular weight is 824 g/mol. The largest absolute Gasteiger partial charge is 0.455 e. The summed E-state index contributed by atoms with van der Waals surface area (Å²) in [6, 6.07) is 55.5. The molecule has 302 valence electrons. The predicted molar refractivity (Wildman–Crippen MR) is 305 cm³/mol. The number of anilines is 3. The van der Waals surface area contributed by atoms with Crippen molar-refractivity contribution in [2.45, 2.75) is 19.3 Å². The summed E-state index contributed by atoms with van der Waals surface area (Å²) < 4.78 is 6.70. The fourth-order valence-corrected chi connectivity index (χ4v) is 11.7. The highest BCUT2D eigenvalue weighted by Gasteiger charge is 2.38. The highest BCUT2D eigenvalue weighted by Crippen LogP contribution is 2.52. The van der Waals surface area contributed by atoms with Crippen molar-refractivity contribution in [2.75, 3.05) is 4.90 Å². The van der Waals surface area contributed by atoms with Crippen molar-refractivity contribution >= 4 is 156 Å². The van der Waals surface area contributed by atoms with Gasteiger partial charge in [-0.2, -0.15) is 0 Å². The maximum Gasteiger partial charge on any atom is 0.143 e. The second kappa shape index (κ2) is 15.2. The molecule has 0 spiro atoms. The van der Waals surface area contributed by atoms with Crippen molar-refractivity contribution < 1.29 is 4.42 Å². The van der Waals surface area contributed by atoms with E-state index >= 15 is 0 Å². The van der Waals surface area contributed by atoms with Gasteiger partial charge in [0.15, 0.2) is 0 Å². The lowest BCUT2D eigenvalue weighted by Crippen LogP contribution is -2.50. The molecule has 0 amide bonds. The van der Waals surface area contributed by atoms with E-state index in [2.05, 4.69) is 233 Å². The van der Waals surface area contributed by atoms with Gasteiger partial charge in [-0.25, -0.2) is 0 Å². The molecule has 0 aliphatic heterocycles. The topological polar surface area (TPSA) is 16.4 Å². The molecule has 1 heterocycles. The molecule has 0 radical (unpaired) electrons. The number of furan rings is 1. The van der Waals surface area contributed by atoms with Crippen LogP contribution < -0.4 is 48.6 Å². The molecule has 65 heavy (non-hydrogen) atoms. The molecule has 0 saturated carbocycles. The first-order chi connectivity index (χ1) is 31.4. The minimum absolute atomic E-state index is 0.131. The first-order valence-electron chi connectivity index (χ1n) is 23.1. The zero-order valence-corrected chi connectivity index (χ0v) is 39.3. The number of nitrogens with zero attached hydrogens (tertiary/aromatic N) is 1. The van der Waals surface area contributed by atoms with Crippen LogP contribution in [0.1, 0.15) is 25.0 Å². The second-order valence-corrected chi connectivity index (χ2v) is 19.0. The van der Waals surface area contributed by atoms with E-state index in [1.165, 1.54) is 105 Å². The molecule has 2 nitrogen and oxygen atoms in total. The van der Waals surface area contributed by atoms with Gasteiger partial charge in [-0.1, -0.05) is 185 Å². The third kappa shape index (κ3) is 6.06. The van der Waals surface area contributed by atoms with Crippen molar-refractivity contribution in [3.8, 4) is 44.5 Å². The molecule has 11 rings (SSSR count). The Kier molecular flexibility index (Phi) is 9.63. The summed E-state index contributed by atoms with van der Waals surface area (Å²) in [7, 11) is 18.7. The minimum atomic E-state index is -0.131. The van der Waals surface area contributed by atoms with Crippen LogP contribution in [0.25, 0.3) is 77.2 Å². The van der Waals surface area contributed by atoms with Crippen LogP contribution in [0.15, 0.2) is 156 Å². The van der Waals surface area contributed by atoms with Gasteiger partial charge in [0.25, 0.3) is 0 Å². The summed E-state index contributed by atoms with van der Waals surface area (Å²) in [6.07, 6.45) is 0. The van der Waals surface area contributed by atoms with E-state index < -0.39 is 0 Å². The average Bonchev–Trinajstić information content (AvgIpc) is 3.83. The van der Waals surface area contributed by atoms with Crippen LogP contribution in [0.2, 0.25) is 0 Å². The van der Waals surface area contributed by atoms with Gasteiger partial charge in [-0.15, -0.1) is 0 Å². The Bertz CT molecular complexity index is 3580. The molecular weight excluding hydrogens is 777 g/mol. The van der Waals surface area contributed by atoms with E-state index in [1.807, 2.05) is 0 Å². The van der Waals surface area contributed by atoms with E-state index in [1.54, 1.807) is 0 Å². The molecular formula is C55H47B8NO. The van der Waals surface area contributed by atoms with E-state index in [0.29, 0.717) is 0 Å². The Hall–Kier alpha value is -6.64. The third-order valence-corrected chi connectivity index (χ3v) is 15.3. The van der Waals surface area contributed by atoms with E-state index in [4.69, 9.17) is 4.42 Å². The number of hydrogen-bond donors (Lipinski definition) is 0. The SMILES string of the molecule is Bc1c(B)c(N(c2cccc(-c3cccc4oc5c6ccccc6ccc5c34)c2)c2c(B)c(B)c(-c3cccc4c3C(C)(C)c3ccccc3-4)c(B)c2B)c(B)c(B)c1-c1ccccc1. The van der Waals surface area contributed by atoms with E-state index in [9.17, 15) is 0 Å². The Labute approximate surface area is 390 Å². The number of rotatable bonds is 6. The Morgan fingerprint density at radius 3 is 1.71 bits per heavy atom. The smallest absolute Gasteiger partial charge is 0.143 e. The van der Waals surface area contributed by atoms with Crippen LogP contribution in [0.4, 0.5) is 17.1 Å². The lowest BCUT2D eigenvalue weighted by atomic mass is 9.62. The first-order valence-corrected chi connectivity index (χ1v) is 23.1. The van der Waals surface area contributed by atoms with Crippen LogP contribution in [0.3, 0.4) is 0 Å². The lowest BCUT2D eigenvalue weighted by molar-refractivity contribution is 0.662. The Balaban J connectivity index is 1.17. The van der Waals surface area contributed by atoms with Crippen molar-refractivity contribution in [3.63, 3.8) is 0 Å². The molecule has 9 aromatic carbocycles. The highest BCUT2D eigenvalue weighted by molar-refractivity contribution is 6.65. The van der Waals surface area contributed by atoms with Gasteiger partial charge in [0.1, 0.15) is 73.9 Å². The van der Waals surface area contributed by atoms with Crippen LogP contribution in [0.5, 0.6) is 0 Å². The summed E-state index contributed by atoms with van der Waals surface area (Å²) >= 11 is 0. The van der Waals surface area contributed by atoms with Gasteiger partial charge < -0.3 is 9.32 Å². The van der Waals surface area contributed by atoms with Gasteiger partial charge in [-0.05, 0) is 85.3 Å². The van der Waals surface area contributed by atoms with Crippen LogP contribution in [-0.4, -0.2) is 62.8 Å². The van der Waals surface area contributed by atoms with Gasteiger partial charge in [0, 0.05) is 38.6 Å². The fraction of sp³-hybridized carbons (Fsp3) is 0.0545. The number of benzene rings is 9. The van der Waals surface area contributed by atoms with Crippen molar-refractivity contribution in [2.24, 2.45) is 0 Å². The molecule has 0 fully saturated rings. The van der Waals surface area contributed by atoms with Gasteiger partial charge >= 0.3 is 0 Å². The maximum atomic E-state index is 6.70. The molecule has 0 unspecified atom stereocenters. The zero-order chi connectivity index (χ0) is 45.1. The molecule has 10 aromatic rings. The Morgan fingerprint density at radius 1 is 0.431 bits per heavy atom. The quantitative estimate of drug-likeness (QED) is 0.237. The second-order valence-electron chi connectivity index (χ2n) is 19.0. The molecule has 0 bridgehead atoms. The Morgan fingerprint density at radius 2 is 0.985 bits per heavy atom. The summed E-state index contributed by atoms with van der Waals surface area (Å²) in [4.78, 5) is 2.60. The minimum Gasteiger partial charge on any atom is -0.455 e. The molecule has 0 saturated heterocycles. The van der Waals surface area contributed by atoms with E-state index in [0.717, 1.165) is 44.1 Å². The van der Waals surface area contributed by atoms with Gasteiger partial charge in [0.05, 0.1) is 0 Å². The standard InChI is InChI=1S/C55H47B8NO/c1-55(2)38-23-9-8-19-34(38)35-21-11-22-36(43(35)55)42-46(58)50(62)53(51(63)47(42)59)64(52-48(60)44(56)40(45(57)49(52)61)29-14-4-3-5-15-29)31-17-10-16-30(27-31)32-20-12-24-39-41(32)37-26-25-28-13-6-7-18-33(28)54(37)65-39/h3-27H,56-63H2,1-2H3. The summed E-state index contributed by atoms with van der Waals surface area (Å²) in [5.74, 6) is 0. The molecule has 0 atom stereocenters. The van der Waals surface area contributed by atoms with Crippen LogP contribution in [-0.2, 0) is 5.41 Å². The van der Waals surface area contributed by atoms with Crippen molar-refractivity contribution in [1.29, 1.82) is 0 Å². The number of fused-ring (bicyclic) bond motifs is 8. The normalized spacial score (nSPS) is 12.8. The molecule has 1 aliphatic rings. The first kappa shape index (κ1) is 41.1. The van der Waals surface area contributed by atoms with Crippen LogP contribution >= 0.6 is 0 Å². The molecule has 1 aliphatic carbocycles. The van der Waals surface area contributed by atoms with Crippen LogP contribution in [0, 0.1) is 0 Å². The fourth-order valence-electron chi connectivity index (χ4n) is 11.7. The molecule has 10 heteroatoms. The van der Waals surface area contributed by atoms with E-state index in [-0.39, 0.29) is 5.41 Å². The molecule has 0 N–H and O–H groups in total. The lowest BCUT2D eigenvalue weighted by Gasteiger charge is -2.37. The summed E-state index contributed by atoms with van der Waals surface area (Å²) in [6.45, 7) is 4.80. The molecule has 1 aromatic heterocycles. The monoisotopic (exact) mass is 825 g/mol. The highest BCUT2D eigenvalue weighted by atomic mass is 16.3. The maximum absolute atomic E-state index is 6.70. The van der Waals surface area contributed by atoms with Gasteiger partial charge in [-0.3, -0.25) is 0 Å².